The summed E-state index contributed by atoms with van der Waals surface area (Å²) >= 11 is 0. The Morgan fingerprint density at radius 2 is 0.600 bits per heavy atom. The molecule has 0 N–H and O–H groups in total. The van der Waals surface area contributed by atoms with Crippen molar-refractivity contribution in [3.8, 4) is 0 Å². The third-order valence-corrected chi connectivity index (χ3v) is 0. The first kappa shape index (κ1) is 170. The van der Waals surface area contributed by atoms with E-state index in [4.69, 9.17) is 0 Å². The van der Waals surface area contributed by atoms with Gasteiger partial charge in [0.25, 0.3) is 0 Å². The molecule has 3 nitrogen and oxygen atoms in total. The average Bonchev–Trinajstić information content (AvgIpc) is 0. The van der Waals surface area contributed by atoms with E-state index in [0.29, 0.717) is 0 Å². The van der Waals surface area contributed by atoms with E-state index < -0.39 is 0 Å². The Kier molecular flexibility index (Phi) is 3030. The molecule has 0 spiro atoms. The number of hydrogen-bond donors (Lipinski definition) is 0. The topological polar surface area (TPSA) is 85.5 Å². The SMILES string of the molecule is [Mn+2].[Mn].[O-2].[O-2].[O-2]. The van der Waals surface area contributed by atoms with Gasteiger partial charge in [-0.2, -0.15) is 0 Å². The van der Waals surface area contributed by atoms with Crippen LogP contribution in [0.4, 0.5) is 0 Å². The molecule has 5 heteroatoms. The van der Waals surface area contributed by atoms with E-state index >= 15 is 0 Å². The minimum absolute atomic E-state index is 0. The zero-order chi connectivity index (χ0) is 0. The molecule has 0 fully saturated rings. The van der Waals surface area contributed by atoms with Crippen molar-refractivity contribution < 1.29 is 50.6 Å². The molecule has 0 aliphatic heterocycles. The molecule has 0 aromatic carbocycles. The molecule has 0 saturated carbocycles. The van der Waals surface area contributed by atoms with Crippen molar-refractivity contribution in [3.05, 3.63) is 0 Å². The van der Waals surface area contributed by atoms with Crippen LogP contribution in [0.5, 0.6) is 0 Å². The summed E-state index contributed by atoms with van der Waals surface area (Å²) in [5, 5.41) is 0. The summed E-state index contributed by atoms with van der Waals surface area (Å²) in [6.07, 6.45) is 0. The van der Waals surface area contributed by atoms with E-state index in [9.17, 15) is 0 Å². The van der Waals surface area contributed by atoms with Gasteiger partial charge in [-0.1, -0.05) is 0 Å². The van der Waals surface area contributed by atoms with Crippen LogP contribution in [0.3, 0.4) is 0 Å². The molecule has 0 aliphatic carbocycles. The van der Waals surface area contributed by atoms with Gasteiger partial charge in [-0.3, -0.25) is 0 Å². The van der Waals surface area contributed by atoms with Crippen LogP contribution in [0.2, 0.25) is 0 Å². The van der Waals surface area contributed by atoms with E-state index in [1.165, 1.54) is 0 Å². The summed E-state index contributed by atoms with van der Waals surface area (Å²) < 4.78 is 0. The fourth-order valence-corrected chi connectivity index (χ4v) is 0. The fourth-order valence-electron chi connectivity index (χ4n) is 0. The van der Waals surface area contributed by atoms with Crippen LogP contribution < -0.4 is 0 Å². The van der Waals surface area contributed by atoms with Gasteiger partial charge in [-0.25, -0.2) is 0 Å². The van der Waals surface area contributed by atoms with E-state index in [1.54, 1.807) is 0 Å². The first-order valence-corrected chi connectivity index (χ1v) is 0. The van der Waals surface area contributed by atoms with Crippen molar-refractivity contribution in [2.45, 2.75) is 0 Å². The normalized spacial score (nSPS) is 0. The summed E-state index contributed by atoms with van der Waals surface area (Å²) in [6, 6.07) is 0. The van der Waals surface area contributed by atoms with Crippen LogP contribution in [-0.4, -0.2) is 0 Å². The molecule has 0 bridgehead atoms. The first-order valence-electron chi connectivity index (χ1n) is 0. The Morgan fingerprint density at radius 1 is 0.600 bits per heavy atom. The molecule has 0 aromatic rings. The van der Waals surface area contributed by atoms with Crippen molar-refractivity contribution in [1.29, 1.82) is 0 Å². The molecule has 0 aliphatic rings. The zero-order valence-electron chi connectivity index (χ0n) is 1.98. The molecule has 0 unspecified atom stereocenters. The standard InChI is InChI=1S/2Mn.3O/q;+2;3*-2. The predicted octanol–water partition coefficient (Wildman–Crippen LogP) is -0.361. The van der Waals surface area contributed by atoms with Crippen molar-refractivity contribution >= 4 is 0 Å². The molecule has 0 rings (SSSR count). The van der Waals surface area contributed by atoms with Crippen LogP contribution >= 0.6 is 0 Å². The van der Waals surface area contributed by atoms with E-state index in [0.717, 1.165) is 0 Å². The number of hydrogen-bond acceptors (Lipinski definition) is 0. The quantitative estimate of drug-likeness (QED) is 0.431. The third-order valence-electron chi connectivity index (χ3n) is 0. The van der Waals surface area contributed by atoms with Crippen LogP contribution in [0.15, 0.2) is 0 Å². The van der Waals surface area contributed by atoms with Gasteiger partial charge < -0.3 is 16.4 Å². The molecular weight excluding hydrogens is 158 g/mol. The molecule has 0 atom stereocenters. The maximum absolute atomic E-state index is 0. The Labute approximate surface area is 51.0 Å². The van der Waals surface area contributed by atoms with Crippen LogP contribution in [0.25, 0.3) is 0 Å². The van der Waals surface area contributed by atoms with Gasteiger partial charge in [0.1, 0.15) is 0 Å². The summed E-state index contributed by atoms with van der Waals surface area (Å²) in [5.41, 5.74) is 0. The van der Waals surface area contributed by atoms with Gasteiger partial charge >= 0.3 is 17.1 Å². The molecule has 5 heavy (non-hydrogen) atoms. The summed E-state index contributed by atoms with van der Waals surface area (Å²) in [7, 11) is 0. The van der Waals surface area contributed by atoms with E-state index in [1.807, 2.05) is 0 Å². The molecule has 0 heterocycles. The Balaban J connectivity index is 0. The first-order chi connectivity index (χ1) is 0. The van der Waals surface area contributed by atoms with E-state index in [-0.39, 0.29) is 50.6 Å². The second-order valence-corrected chi connectivity index (χ2v) is 0. The molecule has 0 amide bonds. The van der Waals surface area contributed by atoms with Gasteiger partial charge in [0.05, 0.1) is 0 Å². The second kappa shape index (κ2) is 89.5. The van der Waals surface area contributed by atoms with Crippen LogP contribution in [0, 0.1) is 0 Å². The molecule has 0 saturated heterocycles. The summed E-state index contributed by atoms with van der Waals surface area (Å²) in [5.74, 6) is 0. The van der Waals surface area contributed by atoms with Crippen molar-refractivity contribution in [3.63, 3.8) is 0 Å². The molecular formula is Mn2O3-4. The smallest absolute Gasteiger partial charge is 2.00 e. The minimum atomic E-state index is 0. The maximum Gasteiger partial charge on any atom is 2.00 e. The van der Waals surface area contributed by atoms with Crippen LogP contribution in [0.1, 0.15) is 0 Å². The number of rotatable bonds is 0. The van der Waals surface area contributed by atoms with Crippen molar-refractivity contribution in [1.82, 2.24) is 0 Å². The Morgan fingerprint density at radius 3 is 0.600 bits per heavy atom. The van der Waals surface area contributed by atoms with Gasteiger partial charge in [0, 0.05) is 17.1 Å². The van der Waals surface area contributed by atoms with Gasteiger partial charge in [-0.05, 0) is 0 Å². The minimum Gasteiger partial charge on any atom is -2.00 e. The second-order valence-electron chi connectivity index (χ2n) is 0. The Bertz CT molecular complexity index is 4.85. The fraction of sp³-hybridized carbons (Fsp3) is 0. The third kappa shape index (κ3) is 49.6. The molecule has 36 valence electrons. The zero-order valence-corrected chi connectivity index (χ0v) is 4.34. The molecule has 0 aromatic heterocycles. The van der Waals surface area contributed by atoms with Crippen LogP contribution in [-0.2, 0) is 50.6 Å². The summed E-state index contributed by atoms with van der Waals surface area (Å²) in [6.45, 7) is 0. The Hall–Kier alpha value is 0.919. The molecule has 2 radical (unpaired) electrons. The maximum atomic E-state index is 0. The van der Waals surface area contributed by atoms with Gasteiger partial charge in [-0.15, -0.1) is 0 Å². The monoisotopic (exact) mass is 158 g/mol. The van der Waals surface area contributed by atoms with Gasteiger partial charge in [0.2, 0.25) is 0 Å². The van der Waals surface area contributed by atoms with Crippen molar-refractivity contribution in [2.75, 3.05) is 0 Å². The largest absolute Gasteiger partial charge is 2.00 e. The van der Waals surface area contributed by atoms with Gasteiger partial charge in [0.15, 0.2) is 0 Å². The van der Waals surface area contributed by atoms with E-state index in [2.05, 4.69) is 0 Å². The average molecular weight is 158 g/mol. The van der Waals surface area contributed by atoms with Crippen molar-refractivity contribution in [2.24, 2.45) is 0 Å². The summed E-state index contributed by atoms with van der Waals surface area (Å²) in [4.78, 5) is 0. The predicted molar refractivity (Wildman–Crippen MR) is 2.06 cm³/mol.